The highest BCUT2D eigenvalue weighted by Gasteiger charge is 2.35. The van der Waals surface area contributed by atoms with Crippen molar-refractivity contribution in [3.8, 4) is 0 Å². The van der Waals surface area contributed by atoms with E-state index in [-0.39, 0.29) is 5.91 Å². The second-order valence-electron chi connectivity index (χ2n) is 6.46. The maximum Gasteiger partial charge on any atom is 0.236 e. The van der Waals surface area contributed by atoms with Crippen molar-refractivity contribution in [2.75, 3.05) is 6.54 Å². The molecule has 0 heterocycles. The smallest absolute Gasteiger partial charge is 0.236 e. The Morgan fingerprint density at radius 2 is 1.88 bits per heavy atom. The largest absolute Gasteiger partial charge is 0.354 e. The summed E-state index contributed by atoms with van der Waals surface area (Å²) in [6.07, 6.45) is 6.42. The number of alkyl halides is 1. The van der Waals surface area contributed by atoms with E-state index in [9.17, 15) is 4.79 Å². The van der Waals surface area contributed by atoms with E-state index in [4.69, 9.17) is 0 Å². The number of halogens is 1. The molecule has 0 spiro atoms. The van der Waals surface area contributed by atoms with Gasteiger partial charge in [0.25, 0.3) is 0 Å². The number of amides is 1. The number of nitrogens with one attached hydrogen (secondary N) is 1. The zero-order valence-corrected chi connectivity index (χ0v) is 13.2. The van der Waals surface area contributed by atoms with Crippen LogP contribution in [0.5, 0.6) is 0 Å². The van der Waals surface area contributed by atoms with Gasteiger partial charge in [0.2, 0.25) is 5.91 Å². The molecule has 0 aromatic heterocycles. The predicted octanol–water partition coefficient (Wildman–Crippen LogP) is 3.88. The molecule has 0 unspecified atom stereocenters. The Morgan fingerprint density at radius 3 is 2.29 bits per heavy atom. The first kappa shape index (κ1) is 15.0. The lowest BCUT2D eigenvalue weighted by Crippen LogP contribution is -2.43. The van der Waals surface area contributed by atoms with Gasteiger partial charge in [0.15, 0.2) is 0 Å². The van der Waals surface area contributed by atoms with E-state index in [1.165, 1.54) is 32.1 Å². The SMILES string of the molecule is CC(C)CC1(CNC(=O)C(C)(C)Br)CCCC1. The van der Waals surface area contributed by atoms with E-state index in [2.05, 4.69) is 35.1 Å². The van der Waals surface area contributed by atoms with Crippen molar-refractivity contribution in [1.29, 1.82) is 0 Å². The Morgan fingerprint density at radius 1 is 1.35 bits per heavy atom. The fourth-order valence-corrected chi connectivity index (χ4v) is 3.06. The summed E-state index contributed by atoms with van der Waals surface area (Å²) in [5.74, 6) is 0.814. The van der Waals surface area contributed by atoms with Crippen LogP contribution in [0.25, 0.3) is 0 Å². The molecule has 0 radical (unpaired) electrons. The monoisotopic (exact) mass is 303 g/mol. The molecule has 1 aliphatic rings. The molecule has 1 amide bonds. The molecular formula is C14H26BrNO. The van der Waals surface area contributed by atoms with Gasteiger partial charge < -0.3 is 5.32 Å². The molecular weight excluding hydrogens is 278 g/mol. The Kier molecular flexibility index (Phi) is 5.06. The van der Waals surface area contributed by atoms with E-state index in [0.29, 0.717) is 11.3 Å². The minimum absolute atomic E-state index is 0.104. The maximum atomic E-state index is 11.9. The first-order valence-corrected chi connectivity index (χ1v) is 7.52. The highest BCUT2D eigenvalue weighted by molar-refractivity contribution is 9.10. The molecule has 1 N–H and O–H groups in total. The number of carbonyl (C=O) groups is 1. The van der Waals surface area contributed by atoms with Crippen LogP contribution >= 0.6 is 15.9 Å². The van der Waals surface area contributed by atoms with Gasteiger partial charge in [-0.1, -0.05) is 42.6 Å². The quantitative estimate of drug-likeness (QED) is 0.767. The van der Waals surface area contributed by atoms with Gasteiger partial charge in [-0.15, -0.1) is 0 Å². The number of hydrogen-bond donors (Lipinski definition) is 1. The highest BCUT2D eigenvalue weighted by Crippen LogP contribution is 2.42. The Balaban J connectivity index is 2.54. The van der Waals surface area contributed by atoms with Crippen LogP contribution in [0.1, 0.15) is 59.8 Å². The molecule has 0 aromatic rings. The molecule has 0 atom stereocenters. The van der Waals surface area contributed by atoms with Gasteiger partial charge in [-0.3, -0.25) is 4.79 Å². The molecule has 1 rings (SSSR count). The molecule has 1 fully saturated rings. The molecule has 17 heavy (non-hydrogen) atoms. The first-order valence-electron chi connectivity index (χ1n) is 6.72. The summed E-state index contributed by atoms with van der Waals surface area (Å²) >= 11 is 3.41. The number of carbonyl (C=O) groups excluding carboxylic acids is 1. The van der Waals surface area contributed by atoms with Gasteiger partial charge in [0.1, 0.15) is 0 Å². The Hall–Kier alpha value is -0.0500. The molecule has 100 valence electrons. The molecule has 3 heteroatoms. The van der Waals surface area contributed by atoms with E-state index in [1.54, 1.807) is 0 Å². The summed E-state index contributed by atoms with van der Waals surface area (Å²) in [6.45, 7) is 9.18. The summed E-state index contributed by atoms with van der Waals surface area (Å²) < 4.78 is -0.454. The van der Waals surface area contributed by atoms with Gasteiger partial charge in [0.05, 0.1) is 4.32 Å². The van der Waals surface area contributed by atoms with E-state index in [1.807, 2.05) is 13.8 Å². The molecule has 2 nitrogen and oxygen atoms in total. The molecule has 0 saturated heterocycles. The van der Waals surface area contributed by atoms with Crippen LogP contribution < -0.4 is 5.32 Å². The highest BCUT2D eigenvalue weighted by atomic mass is 79.9. The van der Waals surface area contributed by atoms with Crippen molar-refractivity contribution in [3.63, 3.8) is 0 Å². The second kappa shape index (κ2) is 5.73. The molecule has 0 aliphatic heterocycles. The summed E-state index contributed by atoms with van der Waals surface area (Å²) in [7, 11) is 0. The lowest BCUT2D eigenvalue weighted by atomic mass is 9.78. The van der Waals surface area contributed by atoms with Gasteiger partial charge >= 0.3 is 0 Å². The topological polar surface area (TPSA) is 29.1 Å². The van der Waals surface area contributed by atoms with Crippen LogP contribution in [0.15, 0.2) is 0 Å². The van der Waals surface area contributed by atoms with Crippen molar-refractivity contribution >= 4 is 21.8 Å². The van der Waals surface area contributed by atoms with Crippen LogP contribution in [0.2, 0.25) is 0 Å². The molecule has 1 aliphatic carbocycles. The summed E-state index contributed by atoms with van der Waals surface area (Å²) in [5, 5.41) is 3.12. The van der Waals surface area contributed by atoms with Gasteiger partial charge in [0, 0.05) is 6.54 Å². The van der Waals surface area contributed by atoms with Crippen LogP contribution in [0, 0.1) is 11.3 Å². The molecule has 0 bridgehead atoms. The fraction of sp³-hybridized carbons (Fsp3) is 0.929. The van der Waals surface area contributed by atoms with Crippen molar-refractivity contribution in [2.45, 2.75) is 64.1 Å². The van der Waals surface area contributed by atoms with Gasteiger partial charge in [-0.2, -0.15) is 0 Å². The van der Waals surface area contributed by atoms with Crippen LogP contribution in [-0.2, 0) is 4.79 Å². The number of rotatable bonds is 5. The van der Waals surface area contributed by atoms with Crippen LogP contribution in [0.4, 0.5) is 0 Å². The zero-order chi connectivity index (χ0) is 13.1. The van der Waals surface area contributed by atoms with E-state index >= 15 is 0 Å². The maximum absolute atomic E-state index is 11.9. The van der Waals surface area contributed by atoms with E-state index < -0.39 is 4.32 Å². The van der Waals surface area contributed by atoms with Crippen molar-refractivity contribution in [2.24, 2.45) is 11.3 Å². The van der Waals surface area contributed by atoms with Crippen molar-refractivity contribution < 1.29 is 4.79 Å². The predicted molar refractivity (Wildman–Crippen MR) is 76.4 cm³/mol. The lowest BCUT2D eigenvalue weighted by molar-refractivity contribution is -0.123. The third-order valence-electron chi connectivity index (χ3n) is 3.67. The third-order valence-corrected chi connectivity index (χ3v) is 4.03. The number of hydrogen-bond acceptors (Lipinski definition) is 1. The van der Waals surface area contributed by atoms with Gasteiger partial charge in [-0.25, -0.2) is 0 Å². The Bertz CT molecular complexity index is 262. The van der Waals surface area contributed by atoms with Crippen LogP contribution in [0.3, 0.4) is 0 Å². The van der Waals surface area contributed by atoms with E-state index in [0.717, 1.165) is 6.54 Å². The van der Waals surface area contributed by atoms with Gasteiger partial charge in [-0.05, 0) is 44.4 Å². The van der Waals surface area contributed by atoms with Crippen molar-refractivity contribution in [3.05, 3.63) is 0 Å². The minimum atomic E-state index is -0.454. The Labute approximate surface area is 114 Å². The van der Waals surface area contributed by atoms with Crippen LogP contribution in [-0.4, -0.2) is 16.8 Å². The third kappa shape index (κ3) is 4.61. The first-order chi connectivity index (χ1) is 7.75. The lowest BCUT2D eigenvalue weighted by Gasteiger charge is -2.32. The minimum Gasteiger partial charge on any atom is -0.354 e. The summed E-state index contributed by atoms with van der Waals surface area (Å²) in [4.78, 5) is 11.9. The fourth-order valence-electron chi connectivity index (χ4n) is 2.92. The normalized spacial score (nSPS) is 19.6. The zero-order valence-electron chi connectivity index (χ0n) is 11.6. The molecule has 0 aromatic carbocycles. The molecule has 1 saturated carbocycles. The summed E-state index contributed by atoms with van der Waals surface area (Å²) in [6, 6.07) is 0. The standard InChI is InChI=1S/C14H26BrNO/c1-11(2)9-14(7-5-6-8-14)10-16-12(17)13(3,4)15/h11H,5-10H2,1-4H3,(H,16,17). The van der Waals surface area contributed by atoms with Crippen molar-refractivity contribution in [1.82, 2.24) is 5.32 Å². The average molecular weight is 304 g/mol. The summed E-state index contributed by atoms with van der Waals surface area (Å²) in [5.41, 5.74) is 0.363. The second-order valence-corrected chi connectivity index (χ2v) is 8.44. The average Bonchev–Trinajstić information content (AvgIpc) is 2.60.